The molecule has 3 saturated carbocycles. The molecule has 0 heterocycles. The van der Waals surface area contributed by atoms with Crippen molar-refractivity contribution in [1.29, 1.82) is 0 Å². The van der Waals surface area contributed by atoms with Crippen LogP contribution in [-0.4, -0.2) is 17.0 Å². The van der Waals surface area contributed by atoms with Gasteiger partial charge in [0.2, 0.25) is 0 Å². The van der Waals surface area contributed by atoms with E-state index in [1.165, 1.54) is 38.5 Å². The maximum atomic E-state index is 11.9. The summed E-state index contributed by atoms with van der Waals surface area (Å²) in [4.78, 5) is 11.9. The Morgan fingerprint density at radius 2 is 1.91 bits per heavy atom. The van der Waals surface area contributed by atoms with Gasteiger partial charge < -0.3 is 5.11 Å². The van der Waals surface area contributed by atoms with Crippen LogP contribution in [0, 0.1) is 40.4 Å². The first-order chi connectivity index (χ1) is 10.9. The van der Waals surface area contributed by atoms with Crippen molar-refractivity contribution in [3.8, 4) is 0 Å². The number of allylic oxidation sites excluding steroid dienone is 2. The molecule has 8 atom stereocenters. The summed E-state index contributed by atoms with van der Waals surface area (Å²) in [6.07, 6.45) is 12.3. The van der Waals surface area contributed by atoms with E-state index in [1.54, 1.807) is 0 Å². The first-order valence-corrected chi connectivity index (χ1v) is 9.76. The van der Waals surface area contributed by atoms with Gasteiger partial charge in [0.15, 0.2) is 5.78 Å². The summed E-state index contributed by atoms with van der Waals surface area (Å²) in [5, 5.41) is 10.3. The summed E-state index contributed by atoms with van der Waals surface area (Å²) in [6, 6.07) is 0. The van der Waals surface area contributed by atoms with Gasteiger partial charge in [-0.2, -0.15) is 0 Å². The van der Waals surface area contributed by atoms with Gasteiger partial charge in [0.1, 0.15) is 0 Å². The second-order valence-corrected chi connectivity index (χ2v) is 9.49. The highest BCUT2D eigenvalue weighted by atomic mass is 16.3. The molecule has 4 rings (SSSR count). The second kappa shape index (κ2) is 5.18. The standard InChI is InChI=1S/C21H32O2/c1-13(22)17-6-7-18-16-5-4-14-12-15(23)8-10-20(14,2)19(16)9-11-21(17,18)3/h8,10,13-14,16-19,22H,4-7,9,11-12H2,1-3H3. The molecule has 0 aromatic rings. The predicted octanol–water partition coefficient (Wildman–Crippen LogP) is 4.37. The highest BCUT2D eigenvalue weighted by Crippen LogP contribution is 2.66. The summed E-state index contributed by atoms with van der Waals surface area (Å²) >= 11 is 0. The number of hydrogen-bond donors (Lipinski definition) is 1. The van der Waals surface area contributed by atoms with Gasteiger partial charge in [-0.25, -0.2) is 0 Å². The maximum Gasteiger partial charge on any atom is 0.155 e. The lowest BCUT2D eigenvalue weighted by Crippen LogP contribution is -2.53. The van der Waals surface area contributed by atoms with Gasteiger partial charge in [-0.3, -0.25) is 4.79 Å². The molecule has 0 amide bonds. The van der Waals surface area contributed by atoms with Crippen molar-refractivity contribution < 1.29 is 9.90 Å². The van der Waals surface area contributed by atoms with Crippen molar-refractivity contribution in [3.63, 3.8) is 0 Å². The molecule has 2 nitrogen and oxygen atoms in total. The summed E-state index contributed by atoms with van der Waals surface area (Å²) in [6.45, 7) is 6.90. The molecule has 2 heteroatoms. The second-order valence-electron chi connectivity index (χ2n) is 9.49. The highest BCUT2D eigenvalue weighted by molar-refractivity contribution is 5.91. The molecule has 0 aromatic carbocycles. The number of rotatable bonds is 1. The first-order valence-electron chi connectivity index (χ1n) is 9.76. The van der Waals surface area contributed by atoms with E-state index >= 15 is 0 Å². The van der Waals surface area contributed by atoms with Gasteiger partial charge >= 0.3 is 0 Å². The van der Waals surface area contributed by atoms with E-state index < -0.39 is 0 Å². The molecule has 4 aliphatic rings. The summed E-state index contributed by atoms with van der Waals surface area (Å²) < 4.78 is 0. The lowest BCUT2D eigenvalue weighted by atomic mass is 9.46. The molecule has 0 aliphatic heterocycles. The molecular formula is C21H32O2. The van der Waals surface area contributed by atoms with Gasteiger partial charge in [-0.15, -0.1) is 0 Å². The number of ketones is 1. The van der Waals surface area contributed by atoms with Crippen molar-refractivity contribution in [2.45, 2.75) is 71.8 Å². The Morgan fingerprint density at radius 1 is 1.13 bits per heavy atom. The van der Waals surface area contributed by atoms with E-state index in [-0.39, 0.29) is 11.5 Å². The van der Waals surface area contributed by atoms with E-state index in [9.17, 15) is 9.90 Å². The molecule has 0 bridgehead atoms. The molecular weight excluding hydrogens is 284 g/mol. The summed E-state index contributed by atoms with van der Waals surface area (Å²) in [7, 11) is 0. The van der Waals surface area contributed by atoms with Crippen molar-refractivity contribution in [1.82, 2.24) is 0 Å². The zero-order chi connectivity index (χ0) is 16.4. The Balaban J connectivity index is 1.65. The Hall–Kier alpha value is -0.630. The normalized spacial score (nSPS) is 53.4. The number of fused-ring (bicyclic) bond motifs is 5. The van der Waals surface area contributed by atoms with Crippen LogP contribution >= 0.6 is 0 Å². The molecule has 0 aromatic heterocycles. The van der Waals surface area contributed by atoms with Crippen LogP contribution in [0.4, 0.5) is 0 Å². The fraction of sp³-hybridized carbons (Fsp3) is 0.857. The number of aliphatic hydroxyl groups excluding tert-OH is 1. The summed E-state index contributed by atoms with van der Waals surface area (Å²) in [5.41, 5.74) is 0.577. The smallest absolute Gasteiger partial charge is 0.155 e. The van der Waals surface area contributed by atoms with E-state index in [0.29, 0.717) is 23.0 Å². The van der Waals surface area contributed by atoms with E-state index in [4.69, 9.17) is 0 Å². The SMILES string of the molecule is CC(O)C1CCC2C3CCC4CC(=O)C=CC4(C)C3CCC12C. The lowest BCUT2D eigenvalue weighted by Gasteiger charge is -2.59. The quantitative estimate of drug-likeness (QED) is 0.780. The monoisotopic (exact) mass is 316 g/mol. The van der Waals surface area contributed by atoms with Gasteiger partial charge in [-0.05, 0) is 91.9 Å². The molecule has 4 aliphatic carbocycles. The van der Waals surface area contributed by atoms with Crippen LogP contribution < -0.4 is 0 Å². The largest absolute Gasteiger partial charge is 0.393 e. The van der Waals surface area contributed by atoms with Crippen molar-refractivity contribution >= 4 is 5.78 Å². The molecule has 8 unspecified atom stereocenters. The maximum absolute atomic E-state index is 11.9. The van der Waals surface area contributed by atoms with Gasteiger partial charge in [-0.1, -0.05) is 19.9 Å². The summed E-state index contributed by atoms with van der Waals surface area (Å²) in [5.74, 6) is 3.72. The predicted molar refractivity (Wildman–Crippen MR) is 91.8 cm³/mol. The van der Waals surface area contributed by atoms with Crippen LogP contribution in [0.15, 0.2) is 12.2 Å². The molecule has 23 heavy (non-hydrogen) atoms. The number of carbonyl (C=O) groups is 1. The lowest BCUT2D eigenvalue weighted by molar-refractivity contribution is -0.123. The number of hydrogen-bond acceptors (Lipinski definition) is 2. The molecule has 1 N–H and O–H groups in total. The van der Waals surface area contributed by atoms with Crippen LogP contribution in [0.2, 0.25) is 0 Å². The minimum atomic E-state index is -0.166. The molecule has 0 saturated heterocycles. The van der Waals surface area contributed by atoms with Gasteiger partial charge in [0.25, 0.3) is 0 Å². The third kappa shape index (κ3) is 2.13. The number of aliphatic hydroxyl groups is 1. The Kier molecular flexibility index (Phi) is 3.58. The average Bonchev–Trinajstić information content (AvgIpc) is 2.85. The Morgan fingerprint density at radius 3 is 2.65 bits per heavy atom. The van der Waals surface area contributed by atoms with Crippen LogP contribution in [-0.2, 0) is 4.79 Å². The van der Waals surface area contributed by atoms with E-state index in [1.807, 2.05) is 13.0 Å². The first kappa shape index (κ1) is 15.9. The Bertz CT molecular complexity index is 536. The molecule has 0 radical (unpaired) electrons. The Labute approximate surface area is 140 Å². The topological polar surface area (TPSA) is 37.3 Å². The van der Waals surface area contributed by atoms with Crippen molar-refractivity contribution in [3.05, 3.63) is 12.2 Å². The fourth-order valence-electron chi connectivity index (χ4n) is 7.47. The third-order valence-corrected chi connectivity index (χ3v) is 8.70. The average molecular weight is 316 g/mol. The number of carbonyl (C=O) groups excluding carboxylic acids is 1. The van der Waals surface area contributed by atoms with Gasteiger partial charge in [0, 0.05) is 6.42 Å². The van der Waals surface area contributed by atoms with Crippen molar-refractivity contribution in [2.75, 3.05) is 0 Å². The molecule has 128 valence electrons. The van der Waals surface area contributed by atoms with Crippen LogP contribution in [0.25, 0.3) is 0 Å². The minimum Gasteiger partial charge on any atom is -0.393 e. The van der Waals surface area contributed by atoms with E-state index in [2.05, 4.69) is 19.9 Å². The molecule has 0 spiro atoms. The van der Waals surface area contributed by atoms with Crippen LogP contribution in [0.1, 0.15) is 65.7 Å². The molecule has 3 fully saturated rings. The van der Waals surface area contributed by atoms with Crippen LogP contribution in [0.5, 0.6) is 0 Å². The minimum absolute atomic E-state index is 0.166. The fourth-order valence-corrected chi connectivity index (χ4v) is 7.47. The zero-order valence-corrected chi connectivity index (χ0v) is 14.9. The third-order valence-electron chi connectivity index (χ3n) is 8.70. The van der Waals surface area contributed by atoms with Crippen LogP contribution in [0.3, 0.4) is 0 Å². The van der Waals surface area contributed by atoms with Gasteiger partial charge in [0.05, 0.1) is 6.10 Å². The van der Waals surface area contributed by atoms with E-state index in [0.717, 1.165) is 24.2 Å². The van der Waals surface area contributed by atoms with Crippen molar-refractivity contribution in [2.24, 2.45) is 40.4 Å². The zero-order valence-electron chi connectivity index (χ0n) is 14.9. The highest BCUT2D eigenvalue weighted by Gasteiger charge is 2.59.